The standard InChI is InChI=1S/C18H20N2O2/c1-12(2)16-6-4-5-7-17(16)20-18(22)14-8-10-15(11-9-14)19-13(3)21/h4-12H,1-3H3,(H,19,21)(H,20,22). The lowest BCUT2D eigenvalue weighted by Crippen LogP contribution is -2.14. The van der Waals surface area contributed by atoms with Gasteiger partial charge in [-0.2, -0.15) is 0 Å². The van der Waals surface area contributed by atoms with Crippen molar-refractivity contribution in [3.05, 3.63) is 59.7 Å². The van der Waals surface area contributed by atoms with Crippen LogP contribution in [0.15, 0.2) is 48.5 Å². The third-order valence-corrected chi connectivity index (χ3v) is 3.30. The van der Waals surface area contributed by atoms with Crippen molar-refractivity contribution >= 4 is 23.2 Å². The number of rotatable bonds is 4. The molecule has 2 N–H and O–H groups in total. The summed E-state index contributed by atoms with van der Waals surface area (Å²) in [5, 5.41) is 5.62. The molecule has 2 aromatic rings. The van der Waals surface area contributed by atoms with Gasteiger partial charge < -0.3 is 10.6 Å². The van der Waals surface area contributed by atoms with E-state index in [4.69, 9.17) is 0 Å². The van der Waals surface area contributed by atoms with Crippen molar-refractivity contribution in [2.75, 3.05) is 10.6 Å². The summed E-state index contributed by atoms with van der Waals surface area (Å²) in [4.78, 5) is 23.3. The normalized spacial score (nSPS) is 10.4. The molecule has 0 atom stereocenters. The number of hydrogen-bond acceptors (Lipinski definition) is 2. The third kappa shape index (κ3) is 3.95. The quantitative estimate of drug-likeness (QED) is 0.895. The zero-order chi connectivity index (χ0) is 16.1. The van der Waals surface area contributed by atoms with Crippen LogP contribution in [0.4, 0.5) is 11.4 Å². The van der Waals surface area contributed by atoms with Crippen LogP contribution in [0.25, 0.3) is 0 Å². The van der Waals surface area contributed by atoms with Crippen molar-refractivity contribution in [1.29, 1.82) is 0 Å². The second-order valence-electron chi connectivity index (χ2n) is 5.45. The molecule has 22 heavy (non-hydrogen) atoms. The molecule has 0 aliphatic rings. The molecule has 4 heteroatoms. The van der Waals surface area contributed by atoms with E-state index in [9.17, 15) is 9.59 Å². The molecule has 0 aromatic heterocycles. The first-order valence-electron chi connectivity index (χ1n) is 7.25. The van der Waals surface area contributed by atoms with Crippen LogP contribution in [0.5, 0.6) is 0 Å². The van der Waals surface area contributed by atoms with E-state index in [1.54, 1.807) is 24.3 Å². The van der Waals surface area contributed by atoms with E-state index in [1.165, 1.54) is 6.92 Å². The number of amides is 2. The fourth-order valence-corrected chi connectivity index (χ4v) is 2.22. The van der Waals surface area contributed by atoms with Crippen LogP contribution in [-0.4, -0.2) is 11.8 Å². The van der Waals surface area contributed by atoms with Gasteiger partial charge in [-0.25, -0.2) is 0 Å². The maximum atomic E-state index is 12.3. The van der Waals surface area contributed by atoms with Crippen LogP contribution >= 0.6 is 0 Å². The fraction of sp³-hybridized carbons (Fsp3) is 0.222. The van der Waals surface area contributed by atoms with Gasteiger partial charge in [0.25, 0.3) is 5.91 Å². The lowest BCUT2D eigenvalue weighted by atomic mass is 10.0. The van der Waals surface area contributed by atoms with Crippen molar-refractivity contribution in [1.82, 2.24) is 0 Å². The second kappa shape index (κ2) is 6.89. The Kier molecular flexibility index (Phi) is 4.94. The van der Waals surface area contributed by atoms with E-state index in [-0.39, 0.29) is 11.8 Å². The predicted molar refractivity (Wildman–Crippen MR) is 89.2 cm³/mol. The van der Waals surface area contributed by atoms with Gasteiger partial charge in [0.05, 0.1) is 0 Å². The molecule has 0 unspecified atom stereocenters. The summed E-state index contributed by atoms with van der Waals surface area (Å²) >= 11 is 0. The number of nitrogens with one attached hydrogen (secondary N) is 2. The average molecular weight is 296 g/mol. The summed E-state index contributed by atoms with van der Waals surface area (Å²) in [5.41, 5.74) is 3.15. The minimum Gasteiger partial charge on any atom is -0.326 e. The number of carbonyl (C=O) groups excluding carboxylic acids is 2. The van der Waals surface area contributed by atoms with Crippen molar-refractivity contribution in [2.24, 2.45) is 0 Å². The summed E-state index contributed by atoms with van der Waals surface area (Å²) in [7, 11) is 0. The Balaban J connectivity index is 2.14. The first kappa shape index (κ1) is 15.8. The molecule has 0 radical (unpaired) electrons. The summed E-state index contributed by atoms with van der Waals surface area (Å²) in [5.74, 6) is 0.0316. The summed E-state index contributed by atoms with van der Waals surface area (Å²) in [6.07, 6.45) is 0. The van der Waals surface area contributed by atoms with E-state index >= 15 is 0 Å². The molecule has 4 nitrogen and oxygen atoms in total. The predicted octanol–water partition coefficient (Wildman–Crippen LogP) is 4.02. The topological polar surface area (TPSA) is 58.2 Å². The Morgan fingerprint density at radius 1 is 0.909 bits per heavy atom. The molecular weight excluding hydrogens is 276 g/mol. The molecule has 0 saturated carbocycles. The van der Waals surface area contributed by atoms with E-state index in [1.807, 2.05) is 24.3 Å². The van der Waals surface area contributed by atoms with Crippen molar-refractivity contribution in [3.63, 3.8) is 0 Å². The van der Waals surface area contributed by atoms with Crippen molar-refractivity contribution < 1.29 is 9.59 Å². The first-order valence-corrected chi connectivity index (χ1v) is 7.25. The Labute approximate surface area is 130 Å². The van der Waals surface area contributed by atoms with Gasteiger partial charge in [-0.15, -0.1) is 0 Å². The summed E-state index contributed by atoms with van der Waals surface area (Å²) in [6, 6.07) is 14.6. The highest BCUT2D eigenvalue weighted by molar-refractivity contribution is 6.05. The lowest BCUT2D eigenvalue weighted by Gasteiger charge is -2.13. The number of anilines is 2. The van der Waals surface area contributed by atoms with Gasteiger partial charge in [0.2, 0.25) is 5.91 Å². The van der Waals surface area contributed by atoms with E-state index in [0.29, 0.717) is 17.2 Å². The van der Waals surface area contributed by atoms with Crippen LogP contribution < -0.4 is 10.6 Å². The fourth-order valence-electron chi connectivity index (χ4n) is 2.22. The summed E-state index contributed by atoms with van der Waals surface area (Å²) < 4.78 is 0. The molecule has 0 aliphatic heterocycles. The number of para-hydroxylation sites is 1. The number of carbonyl (C=O) groups is 2. The van der Waals surface area contributed by atoms with Crippen molar-refractivity contribution in [3.8, 4) is 0 Å². The highest BCUT2D eigenvalue weighted by Gasteiger charge is 2.10. The highest BCUT2D eigenvalue weighted by atomic mass is 16.2. The van der Waals surface area contributed by atoms with Crippen LogP contribution in [0.2, 0.25) is 0 Å². The lowest BCUT2D eigenvalue weighted by molar-refractivity contribution is -0.114. The zero-order valence-electron chi connectivity index (χ0n) is 13.0. The Morgan fingerprint density at radius 2 is 1.55 bits per heavy atom. The van der Waals surface area contributed by atoms with Gasteiger partial charge in [0.1, 0.15) is 0 Å². The molecule has 0 fully saturated rings. The van der Waals surface area contributed by atoms with Gasteiger partial charge in [-0.3, -0.25) is 9.59 Å². The van der Waals surface area contributed by atoms with Crippen LogP contribution in [0.1, 0.15) is 42.6 Å². The van der Waals surface area contributed by atoms with E-state index < -0.39 is 0 Å². The SMILES string of the molecule is CC(=O)Nc1ccc(C(=O)Nc2ccccc2C(C)C)cc1. The molecular formula is C18H20N2O2. The third-order valence-electron chi connectivity index (χ3n) is 3.30. The number of benzene rings is 2. The molecule has 2 rings (SSSR count). The monoisotopic (exact) mass is 296 g/mol. The molecule has 0 heterocycles. The van der Waals surface area contributed by atoms with Gasteiger partial charge in [-0.05, 0) is 41.8 Å². The minimum absolute atomic E-state index is 0.136. The average Bonchev–Trinajstić information content (AvgIpc) is 2.47. The van der Waals surface area contributed by atoms with E-state index in [0.717, 1.165) is 11.3 Å². The zero-order valence-corrected chi connectivity index (χ0v) is 13.0. The number of hydrogen-bond donors (Lipinski definition) is 2. The van der Waals surface area contributed by atoms with Gasteiger partial charge in [0, 0.05) is 23.9 Å². The minimum atomic E-state index is -0.164. The molecule has 0 saturated heterocycles. The highest BCUT2D eigenvalue weighted by Crippen LogP contribution is 2.24. The van der Waals surface area contributed by atoms with Crippen LogP contribution in [-0.2, 0) is 4.79 Å². The van der Waals surface area contributed by atoms with Gasteiger partial charge in [-0.1, -0.05) is 32.0 Å². The first-order chi connectivity index (χ1) is 10.5. The Hall–Kier alpha value is -2.62. The van der Waals surface area contributed by atoms with Crippen molar-refractivity contribution in [2.45, 2.75) is 26.7 Å². The largest absolute Gasteiger partial charge is 0.326 e. The Morgan fingerprint density at radius 3 is 2.14 bits per heavy atom. The molecule has 2 aromatic carbocycles. The maximum absolute atomic E-state index is 12.3. The van der Waals surface area contributed by atoms with Gasteiger partial charge in [0.15, 0.2) is 0 Å². The summed E-state index contributed by atoms with van der Waals surface area (Å²) in [6.45, 7) is 5.63. The maximum Gasteiger partial charge on any atom is 0.255 e. The van der Waals surface area contributed by atoms with Crippen LogP contribution in [0.3, 0.4) is 0 Å². The molecule has 0 bridgehead atoms. The smallest absolute Gasteiger partial charge is 0.255 e. The van der Waals surface area contributed by atoms with Gasteiger partial charge >= 0.3 is 0 Å². The van der Waals surface area contributed by atoms with E-state index in [2.05, 4.69) is 24.5 Å². The molecule has 0 spiro atoms. The van der Waals surface area contributed by atoms with Crippen LogP contribution in [0, 0.1) is 0 Å². The second-order valence-corrected chi connectivity index (χ2v) is 5.45. The Bertz CT molecular complexity index is 676. The molecule has 0 aliphatic carbocycles. The molecule has 114 valence electrons. The molecule has 2 amide bonds.